The van der Waals surface area contributed by atoms with Crippen LogP contribution in [0.4, 0.5) is 0 Å². The molecular weight excluding hydrogens is 264 g/mol. The monoisotopic (exact) mass is 282 g/mol. The first kappa shape index (κ1) is 15.4. The van der Waals surface area contributed by atoms with E-state index in [0.29, 0.717) is 11.4 Å². The van der Waals surface area contributed by atoms with E-state index in [9.17, 15) is 9.59 Å². The average Bonchev–Trinajstić information content (AvgIpc) is 2.91. The number of hydrogen-bond donors (Lipinski definition) is 1. The second-order valence-corrected chi connectivity index (χ2v) is 4.94. The molecule has 0 aliphatic heterocycles. The Labute approximate surface area is 116 Å². The molecule has 1 heterocycles. The lowest BCUT2D eigenvalue weighted by atomic mass is 10.3. The van der Waals surface area contributed by atoms with E-state index in [2.05, 4.69) is 6.58 Å². The summed E-state index contributed by atoms with van der Waals surface area (Å²) in [5.74, 6) is -0.382. The maximum atomic E-state index is 12.0. The fourth-order valence-electron chi connectivity index (χ4n) is 1.56. The van der Waals surface area contributed by atoms with Gasteiger partial charge in [0, 0.05) is 20.1 Å². The predicted molar refractivity (Wildman–Crippen MR) is 75.1 cm³/mol. The van der Waals surface area contributed by atoms with Crippen molar-refractivity contribution in [1.29, 1.82) is 0 Å². The van der Waals surface area contributed by atoms with Crippen LogP contribution in [0.3, 0.4) is 0 Å². The first-order valence-corrected chi connectivity index (χ1v) is 6.76. The number of carbonyl (C=O) groups is 2. The summed E-state index contributed by atoms with van der Waals surface area (Å²) in [4.78, 5) is 27.4. The standard InChI is InChI=1S/C13H18N2O3S/c1-3-6-15(7-8-16)12(17)10-14(2)13(18)11-5-4-9-19-11/h3-5,9,16H,1,6-8,10H2,2H3. The Morgan fingerprint density at radius 3 is 2.79 bits per heavy atom. The van der Waals surface area contributed by atoms with Crippen LogP contribution < -0.4 is 0 Å². The fraction of sp³-hybridized carbons (Fsp3) is 0.385. The highest BCUT2D eigenvalue weighted by Crippen LogP contribution is 2.11. The van der Waals surface area contributed by atoms with Crippen molar-refractivity contribution in [2.45, 2.75) is 0 Å². The fourth-order valence-corrected chi connectivity index (χ4v) is 2.27. The van der Waals surface area contributed by atoms with E-state index in [1.165, 1.54) is 21.1 Å². The average molecular weight is 282 g/mol. The summed E-state index contributed by atoms with van der Waals surface area (Å²) in [6, 6.07) is 3.52. The number of rotatable bonds is 7. The van der Waals surface area contributed by atoms with Crippen molar-refractivity contribution in [1.82, 2.24) is 9.80 Å². The van der Waals surface area contributed by atoms with E-state index >= 15 is 0 Å². The van der Waals surface area contributed by atoms with Crippen molar-refractivity contribution in [2.75, 3.05) is 33.3 Å². The number of carbonyl (C=O) groups excluding carboxylic acids is 2. The molecule has 1 aromatic heterocycles. The molecule has 19 heavy (non-hydrogen) atoms. The maximum Gasteiger partial charge on any atom is 0.264 e. The highest BCUT2D eigenvalue weighted by atomic mass is 32.1. The molecule has 0 spiro atoms. The van der Waals surface area contributed by atoms with Crippen molar-refractivity contribution < 1.29 is 14.7 Å². The zero-order valence-corrected chi connectivity index (χ0v) is 11.7. The maximum absolute atomic E-state index is 12.0. The van der Waals surface area contributed by atoms with Gasteiger partial charge in [-0.05, 0) is 11.4 Å². The molecule has 104 valence electrons. The molecule has 0 atom stereocenters. The van der Waals surface area contributed by atoms with Crippen molar-refractivity contribution in [3.63, 3.8) is 0 Å². The number of amides is 2. The van der Waals surface area contributed by atoms with Gasteiger partial charge in [-0.1, -0.05) is 12.1 Å². The van der Waals surface area contributed by atoms with Gasteiger partial charge >= 0.3 is 0 Å². The number of aliphatic hydroxyl groups excluding tert-OH is 1. The number of hydrogen-bond acceptors (Lipinski definition) is 4. The molecule has 5 nitrogen and oxygen atoms in total. The van der Waals surface area contributed by atoms with Gasteiger partial charge in [0.1, 0.15) is 0 Å². The summed E-state index contributed by atoms with van der Waals surface area (Å²) in [6.07, 6.45) is 1.59. The molecule has 0 saturated heterocycles. The van der Waals surface area contributed by atoms with Crippen LogP contribution in [-0.2, 0) is 4.79 Å². The Bertz CT molecular complexity index is 431. The quantitative estimate of drug-likeness (QED) is 0.753. The second kappa shape index (κ2) is 7.70. The van der Waals surface area contributed by atoms with Crippen LogP contribution >= 0.6 is 11.3 Å². The van der Waals surface area contributed by atoms with Gasteiger partial charge in [0.25, 0.3) is 5.91 Å². The van der Waals surface area contributed by atoms with Gasteiger partial charge < -0.3 is 14.9 Å². The number of nitrogens with zero attached hydrogens (tertiary/aromatic N) is 2. The number of likely N-dealkylation sites (N-methyl/N-ethyl adjacent to an activating group) is 1. The van der Waals surface area contributed by atoms with Gasteiger partial charge in [-0.25, -0.2) is 0 Å². The summed E-state index contributed by atoms with van der Waals surface area (Å²) in [5.41, 5.74) is 0. The molecular formula is C13H18N2O3S. The van der Waals surface area contributed by atoms with Crippen molar-refractivity contribution in [2.24, 2.45) is 0 Å². The molecule has 0 aliphatic rings. The highest BCUT2D eigenvalue weighted by molar-refractivity contribution is 7.12. The zero-order chi connectivity index (χ0) is 14.3. The minimum absolute atomic E-state index is 0.00935. The van der Waals surface area contributed by atoms with E-state index in [-0.39, 0.29) is 31.5 Å². The minimum Gasteiger partial charge on any atom is -0.395 e. The molecule has 0 aliphatic carbocycles. The lowest BCUT2D eigenvalue weighted by Gasteiger charge is -2.23. The Morgan fingerprint density at radius 1 is 1.53 bits per heavy atom. The van der Waals surface area contributed by atoms with E-state index in [1.807, 2.05) is 5.38 Å². The molecule has 2 amide bonds. The van der Waals surface area contributed by atoms with Gasteiger partial charge in [-0.15, -0.1) is 17.9 Å². The van der Waals surface area contributed by atoms with Crippen molar-refractivity contribution >= 4 is 23.2 Å². The van der Waals surface area contributed by atoms with Crippen LogP contribution in [0.5, 0.6) is 0 Å². The van der Waals surface area contributed by atoms with E-state index in [1.54, 1.807) is 25.3 Å². The first-order valence-electron chi connectivity index (χ1n) is 5.88. The van der Waals surface area contributed by atoms with E-state index in [4.69, 9.17) is 5.11 Å². The molecule has 1 N–H and O–H groups in total. The second-order valence-electron chi connectivity index (χ2n) is 3.99. The predicted octanol–water partition coefficient (Wildman–Crippen LogP) is 0.827. The molecule has 0 radical (unpaired) electrons. The first-order chi connectivity index (χ1) is 9.10. The third-order valence-corrected chi connectivity index (χ3v) is 3.38. The van der Waals surface area contributed by atoms with Crippen molar-refractivity contribution in [3.05, 3.63) is 35.0 Å². The third kappa shape index (κ3) is 4.50. The molecule has 0 unspecified atom stereocenters. The van der Waals surface area contributed by atoms with Crippen LogP contribution in [0.2, 0.25) is 0 Å². The van der Waals surface area contributed by atoms with Gasteiger partial charge in [0.2, 0.25) is 5.91 Å². The topological polar surface area (TPSA) is 60.9 Å². The Morgan fingerprint density at radius 2 is 2.26 bits per heavy atom. The third-order valence-electron chi connectivity index (χ3n) is 2.52. The van der Waals surface area contributed by atoms with Gasteiger partial charge in [-0.3, -0.25) is 9.59 Å². The Balaban J connectivity index is 2.59. The molecule has 1 aromatic rings. The van der Waals surface area contributed by atoms with Crippen LogP contribution in [0.25, 0.3) is 0 Å². The van der Waals surface area contributed by atoms with E-state index in [0.717, 1.165) is 0 Å². The Kier molecular flexibility index (Phi) is 6.24. The van der Waals surface area contributed by atoms with Crippen LogP contribution in [-0.4, -0.2) is 60.0 Å². The molecule has 0 bridgehead atoms. The summed E-state index contributed by atoms with van der Waals surface area (Å²) < 4.78 is 0. The van der Waals surface area contributed by atoms with Crippen molar-refractivity contribution in [3.8, 4) is 0 Å². The Hall–Kier alpha value is -1.66. The number of thiophene rings is 1. The summed E-state index contributed by atoms with van der Waals surface area (Å²) >= 11 is 1.34. The zero-order valence-electron chi connectivity index (χ0n) is 10.9. The summed E-state index contributed by atoms with van der Waals surface area (Å²) in [6.45, 7) is 4.05. The SMILES string of the molecule is C=CCN(CCO)C(=O)CN(C)C(=O)c1cccs1. The smallest absolute Gasteiger partial charge is 0.264 e. The molecule has 6 heteroatoms. The lowest BCUT2D eigenvalue weighted by molar-refractivity contribution is -0.131. The summed E-state index contributed by atoms with van der Waals surface area (Å²) in [5, 5.41) is 10.7. The van der Waals surface area contributed by atoms with Gasteiger partial charge in [0.15, 0.2) is 0 Å². The van der Waals surface area contributed by atoms with Crippen LogP contribution in [0.15, 0.2) is 30.2 Å². The molecule has 0 fully saturated rings. The largest absolute Gasteiger partial charge is 0.395 e. The highest BCUT2D eigenvalue weighted by Gasteiger charge is 2.18. The van der Waals surface area contributed by atoms with Crippen LogP contribution in [0, 0.1) is 0 Å². The number of aliphatic hydroxyl groups is 1. The minimum atomic E-state index is -0.207. The van der Waals surface area contributed by atoms with Gasteiger partial charge in [0.05, 0.1) is 18.0 Å². The molecule has 1 rings (SSSR count). The van der Waals surface area contributed by atoms with Crippen LogP contribution in [0.1, 0.15) is 9.67 Å². The summed E-state index contributed by atoms with van der Waals surface area (Å²) in [7, 11) is 1.59. The molecule has 0 saturated carbocycles. The normalized spacial score (nSPS) is 10.0. The molecule has 0 aromatic carbocycles. The van der Waals surface area contributed by atoms with E-state index < -0.39 is 0 Å². The van der Waals surface area contributed by atoms with Gasteiger partial charge in [-0.2, -0.15) is 0 Å². The lowest BCUT2D eigenvalue weighted by Crippen LogP contribution is -2.42.